The summed E-state index contributed by atoms with van der Waals surface area (Å²) in [5.74, 6) is -0.232. The summed E-state index contributed by atoms with van der Waals surface area (Å²) in [4.78, 5) is 0. The van der Waals surface area contributed by atoms with Crippen molar-refractivity contribution in [2.75, 3.05) is 30.9 Å². The summed E-state index contributed by atoms with van der Waals surface area (Å²) in [7, 11) is -4.40. The number of alkyl halides is 3. The van der Waals surface area contributed by atoms with Crippen LogP contribution in [-0.4, -0.2) is 36.5 Å². The lowest BCUT2D eigenvalue weighted by atomic mass is 9.95. The molecule has 4 nitrogen and oxygen atoms in total. The Morgan fingerprint density at radius 3 is 2.26 bits per heavy atom. The van der Waals surface area contributed by atoms with E-state index in [9.17, 15) is 13.3 Å². The van der Waals surface area contributed by atoms with Crippen molar-refractivity contribution in [1.29, 1.82) is 0 Å². The fraction of sp³-hybridized carbons (Fsp3) is 1.00. The third-order valence-electron chi connectivity index (χ3n) is 3.04. The molecular weight excluding hydrogens is 392 g/mol. The van der Waals surface area contributed by atoms with Crippen LogP contribution in [0.4, 0.5) is 8.78 Å². The number of hydrogen-bond acceptors (Lipinski definition) is 4. The second-order valence-electron chi connectivity index (χ2n) is 4.41. The van der Waals surface area contributed by atoms with Crippen LogP contribution in [0, 0.1) is 11.8 Å². The molecule has 0 spiro atoms. The van der Waals surface area contributed by atoms with Gasteiger partial charge in [-0.3, -0.25) is 4.57 Å². The smallest absolute Gasteiger partial charge is 0.381 e. The Labute approximate surface area is 126 Å². The molecule has 114 valence electrons. The molecule has 0 aromatic rings. The molecule has 0 saturated carbocycles. The molecule has 0 aliphatic carbocycles. The van der Waals surface area contributed by atoms with Crippen molar-refractivity contribution in [3.8, 4) is 0 Å². The van der Waals surface area contributed by atoms with E-state index in [-0.39, 0.29) is 31.7 Å². The van der Waals surface area contributed by atoms with Crippen LogP contribution < -0.4 is 0 Å². The maximum absolute atomic E-state index is 14.2. The average Bonchev–Trinajstić information content (AvgIpc) is 2.76. The van der Waals surface area contributed by atoms with E-state index in [1.807, 2.05) is 0 Å². The van der Waals surface area contributed by atoms with Gasteiger partial charge in [-0.1, -0.05) is 22.6 Å². The lowest BCUT2D eigenvalue weighted by Gasteiger charge is -2.28. The predicted octanol–water partition coefficient (Wildman–Crippen LogP) is 3.93. The van der Waals surface area contributed by atoms with E-state index in [2.05, 4.69) is 22.6 Å². The first-order valence-electron chi connectivity index (χ1n) is 6.31. The molecular formula is C11H20F2IO4P. The quantitative estimate of drug-likeness (QED) is 0.344. The van der Waals surface area contributed by atoms with Gasteiger partial charge in [0, 0.05) is 10.8 Å². The highest BCUT2D eigenvalue weighted by Crippen LogP contribution is 2.64. The first kappa shape index (κ1) is 17.8. The van der Waals surface area contributed by atoms with Gasteiger partial charge in [-0.05, 0) is 25.7 Å². The van der Waals surface area contributed by atoms with Gasteiger partial charge in [-0.2, -0.15) is 8.78 Å². The molecule has 0 bridgehead atoms. The topological polar surface area (TPSA) is 44.8 Å². The number of halogens is 3. The number of hydrogen-bond donors (Lipinski definition) is 0. The normalized spacial score (nSPS) is 24.9. The van der Waals surface area contributed by atoms with Crippen molar-refractivity contribution in [1.82, 2.24) is 0 Å². The molecule has 2 atom stereocenters. The number of rotatable bonds is 8. The first-order valence-corrected chi connectivity index (χ1v) is 9.37. The highest BCUT2D eigenvalue weighted by atomic mass is 127. The van der Waals surface area contributed by atoms with Gasteiger partial charge in [0.15, 0.2) is 0 Å². The third kappa shape index (κ3) is 4.33. The maximum atomic E-state index is 14.2. The Morgan fingerprint density at radius 2 is 1.79 bits per heavy atom. The van der Waals surface area contributed by atoms with Gasteiger partial charge in [0.25, 0.3) is 0 Å². The van der Waals surface area contributed by atoms with Crippen LogP contribution in [0.15, 0.2) is 0 Å². The minimum Gasteiger partial charge on any atom is -0.381 e. The fourth-order valence-electron chi connectivity index (χ4n) is 2.03. The van der Waals surface area contributed by atoms with Crippen LogP contribution in [0.1, 0.15) is 20.3 Å². The molecule has 8 heteroatoms. The van der Waals surface area contributed by atoms with E-state index in [4.69, 9.17) is 13.8 Å². The summed E-state index contributed by atoms with van der Waals surface area (Å²) in [5.41, 5.74) is -3.47. The zero-order valence-electron chi connectivity index (χ0n) is 11.1. The molecule has 0 amide bonds. The summed E-state index contributed by atoms with van der Waals surface area (Å²) in [6.07, 6.45) is -0.516. The van der Waals surface area contributed by atoms with Crippen molar-refractivity contribution in [2.24, 2.45) is 11.8 Å². The minimum absolute atomic E-state index is 0.0657. The molecule has 1 fully saturated rings. The lowest BCUT2D eigenvalue weighted by molar-refractivity contribution is 0.0134. The summed E-state index contributed by atoms with van der Waals surface area (Å²) < 4.78 is 56.1. The van der Waals surface area contributed by atoms with E-state index in [1.165, 1.54) is 13.8 Å². The minimum atomic E-state index is -4.40. The molecule has 0 N–H and O–H groups in total. The molecule has 19 heavy (non-hydrogen) atoms. The molecule has 1 saturated heterocycles. The van der Waals surface area contributed by atoms with E-state index in [0.29, 0.717) is 6.61 Å². The second-order valence-corrected chi connectivity index (χ2v) is 7.46. The Balaban J connectivity index is 2.79. The van der Waals surface area contributed by atoms with Gasteiger partial charge >= 0.3 is 13.3 Å². The third-order valence-corrected chi connectivity index (χ3v) is 6.35. The summed E-state index contributed by atoms with van der Waals surface area (Å²) in [6.45, 7) is 3.67. The molecule has 0 radical (unpaired) electrons. The highest BCUT2D eigenvalue weighted by molar-refractivity contribution is 14.1. The monoisotopic (exact) mass is 412 g/mol. The molecule has 1 aliphatic rings. The van der Waals surface area contributed by atoms with Gasteiger partial charge in [0.2, 0.25) is 0 Å². The van der Waals surface area contributed by atoms with Gasteiger partial charge in [-0.25, -0.2) is 0 Å². The van der Waals surface area contributed by atoms with Crippen LogP contribution >= 0.6 is 30.2 Å². The Kier molecular flexibility index (Phi) is 7.13. The SMILES string of the molecule is CCOP(=O)(OCC)C(F)(F)CC1COCC1CI. The number of ether oxygens (including phenoxy) is 1. The predicted molar refractivity (Wildman–Crippen MR) is 77.1 cm³/mol. The Bertz CT molecular complexity index is 320. The van der Waals surface area contributed by atoms with E-state index >= 15 is 0 Å². The van der Waals surface area contributed by atoms with Crippen LogP contribution in [0.5, 0.6) is 0 Å². The summed E-state index contributed by atoms with van der Waals surface area (Å²) >= 11 is 2.15. The molecule has 0 aromatic carbocycles. The van der Waals surface area contributed by atoms with E-state index in [0.717, 1.165) is 4.43 Å². The zero-order valence-corrected chi connectivity index (χ0v) is 14.2. The molecule has 1 rings (SSSR count). The van der Waals surface area contributed by atoms with Crippen molar-refractivity contribution >= 4 is 30.2 Å². The van der Waals surface area contributed by atoms with Crippen molar-refractivity contribution in [3.63, 3.8) is 0 Å². The lowest BCUT2D eigenvalue weighted by Crippen LogP contribution is -2.27. The van der Waals surface area contributed by atoms with E-state index < -0.39 is 19.7 Å². The van der Waals surface area contributed by atoms with Crippen molar-refractivity contribution in [3.05, 3.63) is 0 Å². The summed E-state index contributed by atoms with van der Waals surface area (Å²) in [6, 6.07) is 0. The molecule has 0 aromatic heterocycles. The van der Waals surface area contributed by atoms with Crippen molar-refractivity contribution in [2.45, 2.75) is 25.9 Å². The van der Waals surface area contributed by atoms with E-state index in [1.54, 1.807) is 0 Å². The maximum Gasteiger partial charge on any atom is 0.399 e. The van der Waals surface area contributed by atoms with Gasteiger partial charge in [-0.15, -0.1) is 0 Å². The van der Waals surface area contributed by atoms with Crippen LogP contribution in [0.2, 0.25) is 0 Å². The second kappa shape index (κ2) is 7.64. The highest BCUT2D eigenvalue weighted by Gasteiger charge is 2.55. The van der Waals surface area contributed by atoms with Gasteiger partial charge in [0.1, 0.15) is 0 Å². The van der Waals surface area contributed by atoms with Crippen LogP contribution in [0.25, 0.3) is 0 Å². The summed E-state index contributed by atoms with van der Waals surface area (Å²) in [5, 5.41) is 0. The standard InChI is InChI=1S/C11H20F2IO4P/c1-3-17-19(15,18-4-2)11(12,13)5-9-7-16-8-10(9)6-14/h9-10H,3-8H2,1-2H3. The first-order chi connectivity index (χ1) is 8.90. The van der Waals surface area contributed by atoms with Gasteiger partial charge < -0.3 is 13.8 Å². The van der Waals surface area contributed by atoms with Gasteiger partial charge in [0.05, 0.1) is 26.4 Å². The molecule has 2 unspecified atom stereocenters. The average molecular weight is 412 g/mol. The Morgan fingerprint density at radius 1 is 1.26 bits per heavy atom. The molecule has 1 heterocycles. The van der Waals surface area contributed by atoms with Crippen LogP contribution in [0.3, 0.4) is 0 Å². The molecule has 1 aliphatic heterocycles. The fourth-order valence-corrected chi connectivity index (χ4v) is 4.60. The van der Waals surface area contributed by atoms with Crippen molar-refractivity contribution < 1.29 is 27.1 Å². The Hall–Kier alpha value is 0.700. The zero-order chi connectivity index (χ0) is 14.5. The van der Waals surface area contributed by atoms with Crippen LogP contribution in [-0.2, 0) is 18.3 Å². The largest absolute Gasteiger partial charge is 0.399 e.